The van der Waals surface area contributed by atoms with Crippen LogP contribution in [-0.4, -0.2) is 30.5 Å². The van der Waals surface area contributed by atoms with E-state index in [1.807, 2.05) is 36.1 Å². The summed E-state index contributed by atoms with van der Waals surface area (Å²) in [6, 6.07) is 7.41. The van der Waals surface area contributed by atoms with Crippen LogP contribution in [0.3, 0.4) is 0 Å². The summed E-state index contributed by atoms with van der Waals surface area (Å²) in [6.07, 6.45) is 0. The number of amides is 1. The van der Waals surface area contributed by atoms with Gasteiger partial charge in [0.25, 0.3) is 0 Å². The smallest absolute Gasteiger partial charge is 0.240 e. The van der Waals surface area contributed by atoms with E-state index in [2.05, 4.69) is 0 Å². The number of rotatable bonds is 3. The average Bonchev–Trinajstić information content (AvgIpc) is 2.58. The van der Waals surface area contributed by atoms with E-state index in [1.165, 1.54) is 0 Å². The van der Waals surface area contributed by atoms with Gasteiger partial charge in [0.15, 0.2) is 0 Å². The molecule has 0 aromatic heterocycles. The number of nitrogens with two attached hydrogens (primary N) is 1. The molecule has 92 valence electrons. The second kappa shape index (κ2) is 4.75. The molecule has 1 heterocycles. The summed E-state index contributed by atoms with van der Waals surface area (Å²) in [6.45, 7) is 3.38. The summed E-state index contributed by atoms with van der Waals surface area (Å²) < 4.78 is 5.09. The summed E-state index contributed by atoms with van der Waals surface area (Å²) in [4.78, 5) is 13.6. The van der Waals surface area contributed by atoms with Crippen molar-refractivity contribution in [3.63, 3.8) is 0 Å². The first kappa shape index (κ1) is 11.9. The lowest BCUT2D eigenvalue weighted by Crippen LogP contribution is -2.35. The number of nitrogens with zero attached hydrogens (tertiary/aromatic N) is 1. The molecule has 1 aromatic rings. The predicted octanol–water partition coefficient (Wildman–Crippen LogP) is 1.00. The Morgan fingerprint density at radius 1 is 1.41 bits per heavy atom. The Labute approximate surface area is 101 Å². The van der Waals surface area contributed by atoms with E-state index in [4.69, 9.17) is 10.5 Å². The van der Waals surface area contributed by atoms with Gasteiger partial charge in [-0.25, -0.2) is 0 Å². The minimum Gasteiger partial charge on any atom is -0.497 e. The van der Waals surface area contributed by atoms with E-state index in [1.54, 1.807) is 7.11 Å². The topological polar surface area (TPSA) is 55.6 Å². The SMILES string of the molecule is COc1ccc(CN2CC(C)C(N)C2=O)cc1. The Kier molecular flexibility index (Phi) is 3.33. The van der Waals surface area contributed by atoms with Gasteiger partial charge in [-0.2, -0.15) is 0 Å². The molecule has 0 aliphatic carbocycles. The fourth-order valence-corrected chi connectivity index (χ4v) is 2.10. The van der Waals surface area contributed by atoms with E-state index in [0.29, 0.717) is 6.54 Å². The van der Waals surface area contributed by atoms with Crippen molar-refractivity contribution < 1.29 is 9.53 Å². The Morgan fingerprint density at radius 3 is 2.53 bits per heavy atom. The van der Waals surface area contributed by atoms with Gasteiger partial charge < -0.3 is 15.4 Å². The molecule has 1 saturated heterocycles. The molecule has 4 heteroatoms. The summed E-state index contributed by atoms with van der Waals surface area (Å²) in [5.41, 5.74) is 6.90. The number of benzene rings is 1. The van der Waals surface area contributed by atoms with Crippen LogP contribution in [0, 0.1) is 5.92 Å². The van der Waals surface area contributed by atoms with Gasteiger partial charge in [0.05, 0.1) is 13.2 Å². The van der Waals surface area contributed by atoms with Crippen LogP contribution < -0.4 is 10.5 Å². The molecule has 2 rings (SSSR count). The maximum Gasteiger partial charge on any atom is 0.240 e. The van der Waals surface area contributed by atoms with E-state index in [0.717, 1.165) is 17.9 Å². The summed E-state index contributed by atoms with van der Waals surface area (Å²) in [5, 5.41) is 0. The molecule has 1 aliphatic heterocycles. The molecule has 0 bridgehead atoms. The third kappa shape index (κ3) is 2.42. The first-order valence-electron chi connectivity index (χ1n) is 5.79. The van der Waals surface area contributed by atoms with Crippen LogP contribution in [0.25, 0.3) is 0 Å². The number of carbonyl (C=O) groups is 1. The van der Waals surface area contributed by atoms with Crippen molar-refractivity contribution in [2.45, 2.75) is 19.5 Å². The number of hydrogen-bond acceptors (Lipinski definition) is 3. The number of methoxy groups -OCH3 is 1. The van der Waals surface area contributed by atoms with Crippen molar-refractivity contribution in [3.8, 4) is 5.75 Å². The van der Waals surface area contributed by atoms with Crippen LogP contribution in [-0.2, 0) is 11.3 Å². The first-order chi connectivity index (χ1) is 8.11. The van der Waals surface area contributed by atoms with Gasteiger partial charge >= 0.3 is 0 Å². The predicted molar refractivity (Wildman–Crippen MR) is 65.6 cm³/mol. The molecule has 1 fully saturated rings. The number of ether oxygens (including phenoxy) is 1. The highest BCUT2D eigenvalue weighted by atomic mass is 16.5. The van der Waals surface area contributed by atoms with Gasteiger partial charge in [0.1, 0.15) is 5.75 Å². The van der Waals surface area contributed by atoms with Crippen LogP contribution in [0.15, 0.2) is 24.3 Å². The summed E-state index contributed by atoms with van der Waals surface area (Å²) in [7, 11) is 1.64. The second-order valence-electron chi connectivity index (χ2n) is 4.57. The van der Waals surface area contributed by atoms with Crippen LogP contribution in [0.2, 0.25) is 0 Å². The Morgan fingerprint density at radius 2 is 2.06 bits per heavy atom. The van der Waals surface area contributed by atoms with Crippen molar-refractivity contribution in [1.29, 1.82) is 0 Å². The van der Waals surface area contributed by atoms with E-state index < -0.39 is 0 Å². The molecule has 0 radical (unpaired) electrons. The van der Waals surface area contributed by atoms with Gasteiger partial charge in [-0.05, 0) is 23.6 Å². The minimum atomic E-state index is -0.340. The Hall–Kier alpha value is -1.55. The molecule has 1 aromatic carbocycles. The van der Waals surface area contributed by atoms with Gasteiger partial charge in [-0.1, -0.05) is 19.1 Å². The van der Waals surface area contributed by atoms with Gasteiger partial charge in [0.2, 0.25) is 5.91 Å². The lowest BCUT2D eigenvalue weighted by Gasteiger charge is -2.16. The molecule has 4 nitrogen and oxygen atoms in total. The molecule has 0 saturated carbocycles. The molecule has 2 atom stereocenters. The molecule has 1 amide bonds. The quantitative estimate of drug-likeness (QED) is 0.849. The van der Waals surface area contributed by atoms with Crippen molar-refractivity contribution in [2.24, 2.45) is 11.7 Å². The van der Waals surface area contributed by atoms with Crippen LogP contribution in [0.5, 0.6) is 5.75 Å². The number of carbonyl (C=O) groups excluding carboxylic acids is 1. The molecule has 17 heavy (non-hydrogen) atoms. The number of hydrogen-bond donors (Lipinski definition) is 1. The fraction of sp³-hybridized carbons (Fsp3) is 0.462. The van der Waals surface area contributed by atoms with Crippen LogP contribution in [0.4, 0.5) is 0 Å². The molecular weight excluding hydrogens is 216 g/mol. The van der Waals surface area contributed by atoms with Crippen molar-refractivity contribution in [2.75, 3.05) is 13.7 Å². The van der Waals surface area contributed by atoms with Gasteiger partial charge in [-0.15, -0.1) is 0 Å². The molecule has 2 N–H and O–H groups in total. The third-order valence-electron chi connectivity index (χ3n) is 3.25. The largest absolute Gasteiger partial charge is 0.497 e. The lowest BCUT2D eigenvalue weighted by molar-refractivity contribution is -0.129. The first-order valence-corrected chi connectivity index (χ1v) is 5.79. The van der Waals surface area contributed by atoms with E-state index >= 15 is 0 Å². The maximum absolute atomic E-state index is 11.8. The average molecular weight is 234 g/mol. The fourth-order valence-electron chi connectivity index (χ4n) is 2.10. The zero-order valence-electron chi connectivity index (χ0n) is 10.2. The van der Waals surface area contributed by atoms with Crippen molar-refractivity contribution in [1.82, 2.24) is 4.90 Å². The van der Waals surface area contributed by atoms with Gasteiger partial charge in [0, 0.05) is 13.1 Å². The molecule has 1 aliphatic rings. The normalized spacial score (nSPS) is 24.2. The standard InChI is InChI=1S/C13H18N2O2/c1-9-7-15(13(16)12(9)14)8-10-3-5-11(17-2)6-4-10/h3-6,9,12H,7-8,14H2,1-2H3. The van der Waals surface area contributed by atoms with Crippen molar-refractivity contribution in [3.05, 3.63) is 29.8 Å². The lowest BCUT2D eigenvalue weighted by atomic mass is 10.1. The maximum atomic E-state index is 11.8. The monoisotopic (exact) mass is 234 g/mol. The highest BCUT2D eigenvalue weighted by Gasteiger charge is 2.34. The minimum absolute atomic E-state index is 0.0494. The Balaban J connectivity index is 2.03. The molecule has 0 spiro atoms. The highest BCUT2D eigenvalue weighted by molar-refractivity contribution is 5.84. The summed E-state index contributed by atoms with van der Waals surface area (Å²) in [5.74, 6) is 1.11. The highest BCUT2D eigenvalue weighted by Crippen LogP contribution is 2.20. The summed E-state index contributed by atoms with van der Waals surface area (Å²) >= 11 is 0. The van der Waals surface area contributed by atoms with E-state index in [-0.39, 0.29) is 17.9 Å². The van der Waals surface area contributed by atoms with Crippen LogP contribution in [0.1, 0.15) is 12.5 Å². The van der Waals surface area contributed by atoms with Crippen LogP contribution >= 0.6 is 0 Å². The molecule has 2 unspecified atom stereocenters. The molecular formula is C13H18N2O2. The second-order valence-corrected chi connectivity index (χ2v) is 4.57. The Bertz CT molecular complexity index is 402. The van der Waals surface area contributed by atoms with Crippen molar-refractivity contribution >= 4 is 5.91 Å². The zero-order chi connectivity index (χ0) is 12.4. The number of likely N-dealkylation sites (tertiary alicyclic amines) is 1. The van der Waals surface area contributed by atoms with E-state index in [9.17, 15) is 4.79 Å². The third-order valence-corrected chi connectivity index (χ3v) is 3.25. The zero-order valence-corrected chi connectivity index (χ0v) is 10.2. The van der Waals surface area contributed by atoms with Gasteiger partial charge in [-0.3, -0.25) is 4.79 Å².